The van der Waals surface area contributed by atoms with Crippen LogP contribution in [0, 0.1) is 0 Å². The molecular formula is C7H11N2O+. The first-order valence-electron chi connectivity index (χ1n) is 3.07. The van der Waals surface area contributed by atoms with Crippen LogP contribution < -0.4 is 11.1 Å². The predicted octanol–water partition coefficient (Wildman–Crippen LogP) is 0.307. The quantitative estimate of drug-likeness (QED) is 0.490. The zero-order chi connectivity index (χ0) is 7.56. The molecule has 10 heavy (non-hydrogen) atoms. The van der Waals surface area contributed by atoms with Crippen LogP contribution in [0.1, 0.15) is 0 Å². The first-order valence-corrected chi connectivity index (χ1v) is 3.07. The molecule has 0 spiro atoms. The Morgan fingerprint density at radius 2 is 2.20 bits per heavy atom. The number of phenols is 1. The Balaban J connectivity index is 3.09. The van der Waals surface area contributed by atoms with Crippen molar-refractivity contribution >= 4 is 11.4 Å². The number of phenolic OH excluding ortho intramolecular Hbond substituents is 1. The minimum absolute atomic E-state index is 0.259. The fourth-order valence-electron chi connectivity index (χ4n) is 0.783. The Hall–Kier alpha value is -1.22. The van der Waals surface area contributed by atoms with E-state index in [1.807, 2.05) is 0 Å². The molecular weight excluding hydrogens is 128 g/mol. The highest BCUT2D eigenvalue weighted by molar-refractivity contribution is 5.59. The monoisotopic (exact) mass is 139 g/mol. The first kappa shape index (κ1) is 6.89. The van der Waals surface area contributed by atoms with Crippen LogP contribution in [0.25, 0.3) is 0 Å². The van der Waals surface area contributed by atoms with Gasteiger partial charge in [0, 0.05) is 19.2 Å². The molecule has 0 atom stereocenters. The van der Waals surface area contributed by atoms with E-state index in [9.17, 15) is 0 Å². The molecule has 54 valence electrons. The molecule has 0 fully saturated rings. The molecule has 1 aromatic rings. The third-order valence-electron chi connectivity index (χ3n) is 1.33. The molecule has 0 bridgehead atoms. The number of hydrogen-bond acceptors (Lipinski definition) is 2. The zero-order valence-electron chi connectivity index (χ0n) is 5.89. The Bertz CT molecular complexity index is 235. The number of anilines is 1. The fraction of sp³-hybridized carbons (Fsp3) is 0.143. The van der Waals surface area contributed by atoms with Crippen LogP contribution in [0.2, 0.25) is 0 Å². The molecule has 0 saturated heterocycles. The van der Waals surface area contributed by atoms with Crippen LogP contribution in [0.15, 0.2) is 18.2 Å². The van der Waals surface area contributed by atoms with Gasteiger partial charge in [0.15, 0.2) is 0 Å². The van der Waals surface area contributed by atoms with Gasteiger partial charge in [0.2, 0.25) is 0 Å². The van der Waals surface area contributed by atoms with Crippen LogP contribution in [0.3, 0.4) is 0 Å². The maximum Gasteiger partial charge on any atom is 0.139 e. The SMILES string of the molecule is CNc1cc([NH3+])ccc1O. The van der Waals surface area contributed by atoms with Crippen molar-refractivity contribution in [1.82, 2.24) is 0 Å². The highest BCUT2D eigenvalue weighted by Gasteiger charge is 1.98. The highest BCUT2D eigenvalue weighted by atomic mass is 16.3. The molecule has 0 aliphatic rings. The summed E-state index contributed by atoms with van der Waals surface area (Å²) >= 11 is 0. The largest absolute Gasteiger partial charge is 0.506 e. The second-order valence-electron chi connectivity index (χ2n) is 2.10. The zero-order valence-corrected chi connectivity index (χ0v) is 5.89. The number of hydrogen-bond donors (Lipinski definition) is 3. The van der Waals surface area contributed by atoms with E-state index in [1.165, 1.54) is 0 Å². The van der Waals surface area contributed by atoms with Gasteiger partial charge in [-0.05, 0) is 6.07 Å². The maximum absolute atomic E-state index is 9.14. The Morgan fingerprint density at radius 3 is 2.70 bits per heavy atom. The van der Waals surface area contributed by atoms with Gasteiger partial charge in [0.25, 0.3) is 0 Å². The van der Waals surface area contributed by atoms with E-state index >= 15 is 0 Å². The molecule has 5 N–H and O–H groups in total. The summed E-state index contributed by atoms with van der Waals surface area (Å²) in [6.45, 7) is 0. The molecule has 3 nitrogen and oxygen atoms in total. The van der Waals surface area contributed by atoms with E-state index in [1.54, 1.807) is 25.2 Å². The van der Waals surface area contributed by atoms with Gasteiger partial charge in [-0.15, -0.1) is 0 Å². The van der Waals surface area contributed by atoms with Crippen molar-refractivity contribution in [2.75, 3.05) is 12.4 Å². The second kappa shape index (κ2) is 2.58. The van der Waals surface area contributed by atoms with Crippen molar-refractivity contribution < 1.29 is 10.8 Å². The van der Waals surface area contributed by atoms with Crippen LogP contribution in [-0.2, 0) is 0 Å². The minimum atomic E-state index is 0.259. The summed E-state index contributed by atoms with van der Waals surface area (Å²) in [6.07, 6.45) is 0. The van der Waals surface area contributed by atoms with Gasteiger partial charge >= 0.3 is 0 Å². The molecule has 0 aliphatic carbocycles. The smallest absolute Gasteiger partial charge is 0.139 e. The normalized spacial score (nSPS) is 9.40. The average Bonchev–Trinajstić information content (AvgIpc) is 1.94. The summed E-state index contributed by atoms with van der Waals surface area (Å²) in [7, 11) is 1.76. The molecule has 3 heteroatoms. The lowest BCUT2D eigenvalue weighted by atomic mass is 10.2. The summed E-state index contributed by atoms with van der Waals surface area (Å²) in [5, 5.41) is 12.0. The second-order valence-corrected chi connectivity index (χ2v) is 2.10. The van der Waals surface area contributed by atoms with Gasteiger partial charge in [-0.2, -0.15) is 0 Å². The minimum Gasteiger partial charge on any atom is -0.506 e. The number of aromatic hydroxyl groups is 1. The van der Waals surface area contributed by atoms with Gasteiger partial charge in [0.05, 0.1) is 5.69 Å². The van der Waals surface area contributed by atoms with Crippen molar-refractivity contribution in [3.05, 3.63) is 18.2 Å². The molecule has 0 saturated carbocycles. The van der Waals surface area contributed by atoms with E-state index in [2.05, 4.69) is 11.1 Å². The molecule has 0 radical (unpaired) electrons. The number of nitrogens with one attached hydrogen (secondary N) is 1. The van der Waals surface area contributed by atoms with Gasteiger partial charge in [0.1, 0.15) is 11.4 Å². The summed E-state index contributed by atoms with van der Waals surface area (Å²) in [4.78, 5) is 0. The fourth-order valence-corrected chi connectivity index (χ4v) is 0.783. The average molecular weight is 139 g/mol. The predicted molar refractivity (Wildman–Crippen MR) is 40.2 cm³/mol. The lowest BCUT2D eigenvalue weighted by Gasteiger charge is -2.01. The van der Waals surface area contributed by atoms with E-state index in [0.29, 0.717) is 5.69 Å². The van der Waals surface area contributed by atoms with Crippen molar-refractivity contribution in [3.63, 3.8) is 0 Å². The molecule has 1 aromatic carbocycles. The third-order valence-corrected chi connectivity index (χ3v) is 1.33. The van der Waals surface area contributed by atoms with Gasteiger partial charge in [-0.1, -0.05) is 0 Å². The number of benzene rings is 1. The van der Waals surface area contributed by atoms with E-state index in [4.69, 9.17) is 5.11 Å². The van der Waals surface area contributed by atoms with Crippen LogP contribution in [0.5, 0.6) is 5.75 Å². The Kier molecular flexibility index (Phi) is 1.78. The Labute approximate surface area is 59.5 Å². The van der Waals surface area contributed by atoms with E-state index in [-0.39, 0.29) is 5.75 Å². The van der Waals surface area contributed by atoms with Crippen molar-refractivity contribution in [3.8, 4) is 5.75 Å². The van der Waals surface area contributed by atoms with E-state index < -0.39 is 0 Å². The standard InChI is InChI=1S/C7H10N2O/c1-9-6-4-5(8)2-3-7(6)10/h2-4,9-10H,8H2,1H3/p+1. The number of quaternary nitrogens is 1. The third kappa shape index (κ3) is 1.19. The van der Waals surface area contributed by atoms with Gasteiger partial charge in [-0.3, -0.25) is 0 Å². The van der Waals surface area contributed by atoms with Gasteiger partial charge in [-0.25, -0.2) is 0 Å². The van der Waals surface area contributed by atoms with Crippen LogP contribution >= 0.6 is 0 Å². The molecule has 0 unspecified atom stereocenters. The first-order chi connectivity index (χ1) is 4.74. The lowest BCUT2D eigenvalue weighted by Crippen LogP contribution is -2.39. The Morgan fingerprint density at radius 1 is 1.50 bits per heavy atom. The molecule has 0 aliphatic heterocycles. The summed E-state index contributed by atoms with van der Waals surface area (Å²) in [5.41, 5.74) is 5.33. The lowest BCUT2D eigenvalue weighted by molar-refractivity contribution is -0.254. The van der Waals surface area contributed by atoms with Crippen molar-refractivity contribution in [1.29, 1.82) is 0 Å². The summed E-state index contributed by atoms with van der Waals surface area (Å²) < 4.78 is 0. The topological polar surface area (TPSA) is 59.9 Å². The van der Waals surface area contributed by atoms with Crippen molar-refractivity contribution in [2.24, 2.45) is 0 Å². The molecule has 1 rings (SSSR count). The molecule has 0 heterocycles. The van der Waals surface area contributed by atoms with E-state index in [0.717, 1.165) is 5.69 Å². The molecule has 0 aromatic heterocycles. The van der Waals surface area contributed by atoms with Crippen LogP contribution in [-0.4, -0.2) is 12.2 Å². The van der Waals surface area contributed by atoms with Gasteiger partial charge < -0.3 is 16.2 Å². The summed E-state index contributed by atoms with van der Waals surface area (Å²) in [5.74, 6) is 0.259. The number of rotatable bonds is 1. The highest BCUT2D eigenvalue weighted by Crippen LogP contribution is 2.23. The van der Waals surface area contributed by atoms with Crippen LogP contribution in [0.4, 0.5) is 11.4 Å². The summed E-state index contributed by atoms with van der Waals surface area (Å²) in [6, 6.07) is 5.17. The molecule has 0 amide bonds. The maximum atomic E-state index is 9.14. The van der Waals surface area contributed by atoms with Crippen molar-refractivity contribution in [2.45, 2.75) is 0 Å².